The van der Waals surface area contributed by atoms with E-state index < -0.39 is 0 Å². The van der Waals surface area contributed by atoms with Gasteiger partial charge in [0.05, 0.1) is 0 Å². The lowest BCUT2D eigenvalue weighted by Gasteiger charge is -2.26. The smallest absolute Gasteiger partial charge is 0.225 e. The van der Waals surface area contributed by atoms with E-state index in [2.05, 4.69) is 36.7 Å². The normalized spacial score (nSPS) is 13.0. The van der Waals surface area contributed by atoms with Crippen LogP contribution in [0.5, 0.6) is 0 Å². The van der Waals surface area contributed by atoms with E-state index in [0.717, 1.165) is 24.8 Å². The van der Waals surface area contributed by atoms with Crippen LogP contribution in [-0.4, -0.2) is 29.2 Å². The van der Waals surface area contributed by atoms with Crippen LogP contribution in [0, 0.1) is 11.8 Å². The highest BCUT2D eigenvalue weighted by Crippen LogP contribution is 2.13. The summed E-state index contributed by atoms with van der Waals surface area (Å²) in [6.07, 6.45) is 1.03. The molecule has 0 rings (SSSR count). The molecular weight excluding hydrogens is 242 g/mol. The maximum absolute atomic E-state index is 12.0. The van der Waals surface area contributed by atoms with E-state index in [4.69, 9.17) is 0 Å². The van der Waals surface area contributed by atoms with Crippen LogP contribution < -0.4 is 0 Å². The van der Waals surface area contributed by atoms with Gasteiger partial charge in [-0.05, 0) is 12.3 Å². The second-order valence-electron chi connectivity index (χ2n) is 4.05. The van der Waals surface area contributed by atoms with Gasteiger partial charge in [0.2, 0.25) is 5.91 Å². The molecule has 0 N–H and O–H groups in total. The molecule has 0 aliphatic heterocycles. The van der Waals surface area contributed by atoms with Gasteiger partial charge in [0.25, 0.3) is 0 Å². The van der Waals surface area contributed by atoms with Crippen molar-refractivity contribution >= 4 is 21.8 Å². The van der Waals surface area contributed by atoms with Crippen LogP contribution >= 0.6 is 15.9 Å². The average Bonchev–Trinajstić information content (AvgIpc) is 2.15. The van der Waals surface area contributed by atoms with Crippen LogP contribution in [0.1, 0.15) is 34.1 Å². The highest BCUT2D eigenvalue weighted by atomic mass is 79.9. The fourth-order valence-corrected chi connectivity index (χ4v) is 1.71. The summed E-state index contributed by atoms with van der Waals surface area (Å²) in [6, 6.07) is 0. The molecule has 0 aromatic carbocycles. The first-order valence-electron chi connectivity index (χ1n) is 5.39. The van der Waals surface area contributed by atoms with E-state index in [-0.39, 0.29) is 5.92 Å². The van der Waals surface area contributed by atoms with Crippen molar-refractivity contribution in [3.8, 4) is 0 Å². The number of hydrogen-bond donors (Lipinski definition) is 0. The summed E-state index contributed by atoms with van der Waals surface area (Å²) in [7, 11) is 0. The highest BCUT2D eigenvalue weighted by Gasteiger charge is 2.21. The molecule has 0 radical (unpaired) electrons. The third-order valence-corrected chi connectivity index (χ3v) is 2.90. The van der Waals surface area contributed by atoms with Crippen molar-refractivity contribution in [2.24, 2.45) is 11.8 Å². The number of alkyl halides is 1. The van der Waals surface area contributed by atoms with Crippen LogP contribution in [0.2, 0.25) is 0 Å². The highest BCUT2D eigenvalue weighted by molar-refractivity contribution is 9.09. The monoisotopic (exact) mass is 263 g/mol. The first-order valence-corrected chi connectivity index (χ1v) is 6.51. The number of hydrogen-bond acceptors (Lipinski definition) is 1. The molecule has 0 aromatic rings. The lowest BCUT2D eigenvalue weighted by molar-refractivity contribution is -0.136. The molecule has 0 aliphatic carbocycles. The Morgan fingerprint density at radius 1 is 1.29 bits per heavy atom. The standard InChI is InChI=1S/C11H22BrNO/c1-5-7-13(8-6-12)11(14)10(4)9(2)3/h9-10H,5-8H2,1-4H3. The van der Waals surface area contributed by atoms with Gasteiger partial charge in [-0.2, -0.15) is 0 Å². The molecule has 0 fully saturated rings. The van der Waals surface area contributed by atoms with Crippen LogP contribution in [0.4, 0.5) is 0 Å². The Hall–Kier alpha value is -0.0500. The molecule has 1 amide bonds. The van der Waals surface area contributed by atoms with Crippen LogP contribution in [0.15, 0.2) is 0 Å². The molecule has 0 spiro atoms. The minimum atomic E-state index is 0.139. The summed E-state index contributed by atoms with van der Waals surface area (Å²) in [5.41, 5.74) is 0. The third-order valence-electron chi connectivity index (χ3n) is 2.55. The van der Waals surface area contributed by atoms with Gasteiger partial charge in [-0.3, -0.25) is 4.79 Å². The van der Waals surface area contributed by atoms with Gasteiger partial charge < -0.3 is 4.90 Å². The summed E-state index contributed by atoms with van der Waals surface area (Å²) in [5.74, 6) is 0.860. The fraction of sp³-hybridized carbons (Fsp3) is 0.909. The van der Waals surface area contributed by atoms with Crippen molar-refractivity contribution in [1.29, 1.82) is 0 Å². The summed E-state index contributed by atoms with van der Waals surface area (Å²) in [6.45, 7) is 10.0. The zero-order valence-corrected chi connectivity index (χ0v) is 11.3. The van der Waals surface area contributed by atoms with Gasteiger partial charge in [0.1, 0.15) is 0 Å². The zero-order valence-electron chi connectivity index (χ0n) is 9.72. The SMILES string of the molecule is CCCN(CCBr)C(=O)C(C)C(C)C. The van der Waals surface area contributed by atoms with E-state index in [9.17, 15) is 4.79 Å². The lowest BCUT2D eigenvalue weighted by Crippen LogP contribution is -2.38. The predicted molar refractivity (Wildman–Crippen MR) is 64.7 cm³/mol. The molecule has 0 aromatic heterocycles. The van der Waals surface area contributed by atoms with E-state index in [1.165, 1.54) is 0 Å². The Bertz CT molecular complexity index is 165. The van der Waals surface area contributed by atoms with Gasteiger partial charge in [-0.25, -0.2) is 0 Å². The second kappa shape index (κ2) is 7.27. The Kier molecular flexibility index (Phi) is 7.24. The predicted octanol–water partition coefficient (Wildman–Crippen LogP) is 2.91. The Morgan fingerprint density at radius 2 is 1.86 bits per heavy atom. The molecule has 1 unspecified atom stereocenters. The summed E-state index contributed by atoms with van der Waals surface area (Å²) >= 11 is 3.38. The molecule has 0 bridgehead atoms. The van der Waals surface area contributed by atoms with Crippen molar-refractivity contribution in [2.45, 2.75) is 34.1 Å². The molecular formula is C11H22BrNO. The zero-order chi connectivity index (χ0) is 11.1. The molecule has 0 saturated carbocycles. The van der Waals surface area contributed by atoms with Crippen molar-refractivity contribution in [3.63, 3.8) is 0 Å². The van der Waals surface area contributed by atoms with E-state index in [0.29, 0.717) is 11.8 Å². The summed E-state index contributed by atoms with van der Waals surface area (Å²) < 4.78 is 0. The van der Waals surface area contributed by atoms with E-state index in [1.807, 2.05) is 11.8 Å². The van der Waals surface area contributed by atoms with Crippen molar-refractivity contribution in [3.05, 3.63) is 0 Å². The molecule has 3 heteroatoms. The molecule has 0 aliphatic rings. The second-order valence-corrected chi connectivity index (χ2v) is 4.84. The number of carbonyl (C=O) groups is 1. The van der Waals surface area contributed by atoms with Gasteiger partial charge in [0.15, 0.2) is 0 Å². The van der Waals surface area contributed by atoms with Crippen LogP contribution in [0.3, 0.4) is 0 Å². The molecule has 0 heterocycles. The quantitative estimate of drug-likeness (QED) is 0.675. The largest absolute Gasteiger partial charge is 0.342 e. The third kappa shape index (κ3) is 4.45. The van der Waals surface area contributed by atoms with Gasteiger partial charge in [-0.1, -0.05) is 43.6 Å². The van der Waals surface area contributed by atoms with Gasteiger partial charge >= 0.3 is 0 Å². The molecule has 84 valence electrons. The first-order chi connectivity index (χ1) is 6.54. The minimum Gasteiger partial charge on any atom is -0.342 e. The maximum Gasteiger partial charge on any atom is 0.225 e. The van der Waals surface area contributed by atoms with Crippen LogP contribution in [-0.2, 0) is 4.79 Å². The van der Waals surface area contributed by atoms with Crippen molar-refractivity contribution in [2.75, 3.05) is 18.4 Å². The van der Waals surface area contributed by atoms with Crippen LogP contribution in [0.25, 0.3) is 0 Å². The molecule has 1 atom stereocenters. The van der Waals surface area contributed by atoms with Gasteiger partial charge in [-0.15, -0.1) is 0 Å². The number of amides is 1. The van der Waals surface area contributed by atoms with E-state index in [1.54, 1.807) is 0 Å². The minimum absolute atomic E-state index is 0.139. The summed E-state index contributed by atoms with van der Waals surface area (Å²) in [4.78, 5) is 13.9. The number of nitrogens with zero attached hydrogens (tertiary/aromatic N) is 1. The Morgan fingerprint density at radius 3 is 2.21 bits per heavy atom. The number of rotatable bonds is 6. The molecule has 2 nitrogen and oxygen atoms in total. The van der Waals surface area contributed by atoms with Crippen molar-refractivity contribution in [1.82, 2.24) is 4.90 Å². The molecule has 14 heavy (non-hydrogen) atoms. The van der Waals surface area contributed by atoms with Crippen molar-refractivity contribution < 1.29 is 4.79 Å². The average molecular weight is 264 g/mol. The Labute approximate surface area is 96.2 Å². The number of halogens is 1. The number of carbonyl (C=O) groups excluding carboxylic acids is 1. The first kappa shape index (κ1) is 13.9. The maximum atomic E-state index is 12.0. The molecule has 0 saturated heterocycles. The topological polar surface area (TPSA) is 20.3 Å². The summed E-state index contributed by atoms with van der Waals surface area (Å²) in [5, 5.41) is 0.865. The van der Waals surface area contributed by atoms with Gasteiger partial charge in [0, 0.05) is 24.3 Å². The van der Waals surface area contributed by atoms with E-state index >= 15 is 0 Å². The Balaban J connectivity index is 4.26. The lowest BCUT2D eigenvalue weighted by atomic mass is 9.96. The fourth-order valence-electron chi connectivity index (χ4n) is 1.28.